The fourth-order valence-electron chi connectivity index (χ4n) is 3.00. The normalized spacial score (nSPS) is 24.2. The minimum absolute atomic E-state index is 0.170. The molecule has 0 aromatic heterocycles. The van der Waals surface area contributed by atoms with Gasteiger partial charge in [0, 0.05) is 12.3 Å². The molecule has 1 fully saturated rings. The van der Waals surface area contributed by atoms with Crippen molar-refractivity contribution in [3.05, 3.63) is 35.4 Å². The van der Waals surface area contributed by atoms with Crippen molar-refractivity contribution in [1.29, 1.82) is 0 Å². The Morgan fingerprint density at radius 2 is 1.83 bits per heavy atom. The van der Waals surface area contributed by atoms with Gasteiger partial charge in [0.25, 0.3) is 0 Å². The Hall–Kier alpha value is -1.11. The Bertz CT molecular complexity index is 391. The van der Waals surface area contributed by atoms with E-state index in [0.717, 1.165) is 25.7 Å². The van der Waals surface area contributed by atoms with Crippen molar-refractivity contribution >= 4 is 5.78 Å². The first kappa shape index (κ1) is 13.3. The van der Waals surface area contributed by atoms with E-state index in [2.05, 4.69) is 38.1 Å². The summed E-state index contributed by atoms with van der Waals surface area (Å²) in [6.45, 7) is 4.39. The highest BCUT2D eigenvalue weighted by atomic mass is 16.1. The van der Waals surface area contributed by atoms with Crippen LogP contribution >= 0.6 is 0 Å². The first-order valence-corrected chi connectivity index (χ1v) is 7.36. The summed E-state index contributed by atoms with van der Waals surface area (Å²) in [5.74, 6) is 1.26. The van der Waals surface area contributed by atoms with Crippen LogP contribution in [-0.4, -0.2) is 5.78 Å². The summed E-state index contributed by atoms with van der Waals surface area (Å²) >= 11 is 0. The molecule has 1 aromatic carbocycles. The second-order valence-corrected chi connectivity index (χ2v) is 5.57. The predicted octanol–water partition coefficient (Wildman–Crippen LogP) is 4.50. The summed E-state index contributed by atoms with van der Waals surface area (Å²) in [5.41, 5.74) is 2.62. The average Bonchev–Trinajstić information content (AvgIpc) is 2.40. The van der Waals surface area contributed by atoms with Crippen LogP contribution in [0.15, 0.2) is 24.3 Å². The number of benzene rings is 1. The molecule has 0 aliphatic heterocycles. The summed E-state index contributed by atoms with van der Waals surface area (Å²) < 4.78 is 0. The van der Waals surface area contributed by atoms with Crippen LogP contribution in [0.5, 0.6) is 0 Å². The molecule has 2 rings (SSSR count). The Balaban J connectivity index is 2.05. The maximum absolute atomic E-state index is 12.2. The van der Waals surface area contributed by atoms with Crippen LogP contribution < -0.4 is 0 Å². The summed E-state index contributed by atoms with van der Waals surface area (Å²) in [4.78, 5) is 12.2. The highest BCUT2D eigenvalue weighted by Gasteiger charge is 2.28. The van der Waals surface area contributed by atoms with Gasteiger partial charge in [-0.1, -0.05) is 51.0 Å². The van der Waals surface area contributed by atoms with E-state index < -0.39 is 0 Å². The van der Waals surface area contributed by atoms with Gasteiger partial charge in [0.2, 0.25) is 0 Å². The quantitative estimate of drug-likeness (QED) is 0.762. The monoisotopic (exact) mass is 244 g/mol. The molecule has 18 heavy (non-hydrogen) atoms. The van der Waals surface area contributed by atoms with Crippen molar-refractivity contribution in [2.75, 3.05) is 0 Å². The zero-order valence-electron chi connectivity index (χ0n) is 11.6. The molecule has 0 N–H and O–H groups in total. The molecular weight excluding hydrogens is 220 g/mol. The van der Waals surface area contributed by atoms with E-state index in [-0.39, 0.29) is 5.92 Å². The molecule has 0 saturated heterocycles. The van der Waals surface area contributed by atoms with Crippen LogP contribution in [0.4, 0.5) is 0 Å². The first-order chi connectivity index (χ1) is 8.74. The van der Waals surface area contributed by atoms with Gasteiger partial charge in [-0.25, -0.2) is 0 Å². The smallest absolute Gasteiger partial charge is 0.140 e. The number of hydrogen-bond donors (Lipinski definition) is 0. The van der Waals surface area contributed by atoms with Gasteiger partial charge in [0.05, 0.1) is 0 Å². The van der Waals surface area contributed by atoms with Gasteiger partial charge in [-0.3, -0.25) is 4.79 Å². The number of ketones is 1. The fourth-order valence-corrected chi connectivity index (χ4v) is 3.00. The van der Waals surface area contributed by atoms with E-state index in [1.54, 1.807) is 0 Å². The average molecular weight is 244 g/mol. The number of aryl methyl sites for hydroxylation is 1. The zero-order chi connectivity index (χ0) is 13.0. The van der Waals surface area contributed by atoms with Crippen LogP contribution in [0.3, 0.4) is 0 Å². The highest BCUT2D eigenvalue weighted by molar-refractivity contribution is 5.86. The van der Waals surface area contributed by atoms with Crippen LogP contribution in [0.2, 0.25) is 0 Å². The molecular formula is C17H24O. The topological polar surface area (TPSA) is 17.1 Å². The molecule has 1 aliphatic rings. The Morgan fingerprint density at radius 3 is 2.39 bits per heavy atom. The van der Waals surface area contributed by atoms with Crippen molar-refractivity contribution in [1.82, 2.24) is 0 Å². The minimum atomic E-state index is 0.170. The van der Waals surface area contributed by atoms with E-state index in [0.29, 0.717) is 11.7 Å². The van der Waals surface area contributed by atoms with Gasteiger partial charge in [-0.05, 0) is 36.3 Å². The second-order valence-electron chi connectivity index (χ2n) is 5.57. The Morgan fingerprint density at radius 1 is 1.11 bits per heavy atom. The van der Waals surface area contributed by atoms with Crippen molar-refractivity contribution in [3.63, 3.8) is 0 Å². The molecule has 0 bridgehead atoms. The molecule has 98 valence electrons. The molecule has 2 atom stereocenters. The lowest BCUT2D eigenvalue weighted by Crippen LogP contribution is -2.23. The number of Topliss-reactive ketones (excluding diaryl/α,β-unsaturated/α-hetero) is 1. The number of carbonyl (C=O) groups is 1. The maximum Gasteiger partial charge on any atom is 0.140 e. The molecule has 1 aliphatic carbocycles. The van der Waals surface area contributed by atoms with E-state index in [1.807, 2.05) is 0 Å². The van der Waals surface area contributed by atoms with Gasteiger partial charge in [-0.15, -0.1) is 0 Å². The Labute approximate surface area is 111 Å². The molecule has 1 aromatic rings. The standard InChI is InChI=1S/C17H24O/c1-3-5-14-6-9-15(10-7-14)16-11-8-13(4-2)12-17(16)18/h6-7,9-10,13,16H,3-5,8,11-12H2,1-2H3/t13-,16+/m0/s1. The van der Waals surface area contributed by atoms with Crippen LogP contribution in [-0.2, 0) is 11.2 Å². The van der Waals surface area contributed by atoms with Crippen molar-refractivity contribution in [2.24, 2.45) is 5.92 Å². The summed E-state index contributed by atoms with van der Waals surface area (Å²) in [7, 11) is 0. The predicted molar refractivity (Wildman–Crippen MR) is 75.8 cm³/mol. The number of carbonyl (C=O) groups excluding carboxylic acids is 1. The van der Waals surface area contributed by atoms with Gasteiger partial charge in [0.15, 0.2) is 0 Å². The lowest BCUT2D eigenvalue weighted by atomic mass is 9.77. The lowest BCUT2D eigenvalue weighted by Gasteiger charge is -2.27. The van der Waals surface area contributed by atoms with Crippen LogP contribution in [0, 0.1) is 5.92 Å². The number of rotatable bonds is 4. The molecule has 0 unspecified atom stereocenters. The maximum atomic E-state index is 12.2. The highest BCUT2D eigenvalue weighted by Crippen LogP contribution is 2.34. The van der Waals surface area contributed by atoms with Gasteiger partial charge >= 0.3 is 0 Å². The molecule has 1 heteroatoms. The van der Waals surface area contributed by atoms with E-state index >= 15 is 0 Å². The minimum Gasteiger partial charge on any atom is -0.299 e. The van der Waals surface area contributed by atoms with Crippen LogP contribution in [0.25, 0.3) is 0 Å². The fraction of sp³-hybridized carbons (Fsp3) is 0.588. The van der Waals surface area contributed by atoms with Crippen molar-refractivity contribution in [3.8, 4) is 0 Å². The summed E-state index contributed by atoms with van der Waals surface area (Å²) in [6, 6.07) is 8.72. The van der Waals surface area contributed by atoms with Crippen molar-refractivity contribution < 1.29 is 4.79 Å². The number of hydrogen-bond acceptors (Lipinski definition) is 1. The third-order valence-electron chi connectivity index (χ3n) is 4.24. The Kier molecular flexibility index (Phi) is 4.57. The molecule has 1 nitrogen and oxygen atoms in total. The first-order valence-electron chi connectivity index (χ1n) is 7.36. The second kappa shape index (κ2) is 6.17. The zero-order valence-corrected chi connectivity index (χ0v) is 11.6. The van der Waals surface area contributed by atoms with Crippen LogP contribution in [0.1, 0.15) is 63.0 Å². The molecule has 0 radical (unpaired) electrons. The molecule has 0 amide bonds. The third-order valence-corrected chi connectivity index (χ3v) is 4.24. The molecule has 0 spiro atoms. The van der Waals surface area contributed by atoms with E-state index in [1.165, 1.54) is 24.0 Å². The largest absolute Gasteiger partial charge is 0.299 e. The SMILES string of the molecule is CCCc1ccc([C@H]2CC[C@H](CC)CC2=O)cc1. The molecule has 1 saturated carbocycles. The van der Waals surface area contributed by atoms with E-state index in [4.69, 9.17) is 0 Å². The van der Waals surface area contributed by atoms with Crippen molar-refractivity contribution in [2.45, 2.75) is 58.3 Å². The van der Waals surface area contributed by atoms with E-state index in [9.17, 15) is 4.79 Å². The molecule has 0 heterocycles. The summed E-state index contributed by atoms with van der Waals surface area (Å²) in [6.07, 6.45) is 6.51. The third kappa shape index (κ3) is 3.01. The van der Waals surface area contributed by atoms with Gasteiger partial charge < -0.3 is 0 Å². The van der Waals surface area contributed by atoms with Gasteiger partial charge in [0.1, 0.15) is 5.78 Å². The van der Waals surface area contributed by atoms with Gasteiger partial charge in [-0.2, -0.15) is 0 Å². The summed E-state index contributed by atoms with van der Waals surface area (Å²) in [5, 5.41) is 0. The lowest BCUT2D eigenvalue weighted by molar-refractivity contribution is -0.123.